The summed E-state index contributed by atoms with van der Waals surface area (Å²) in [7, 11) is 1.48. The molecule has 2 rings (SSSR count). The third kappa shape index (κ3) is 2.78. The van der Waals surface area contributed by atoms with E-state index in [9.17, 15) is 9.59 Å². The molecular formula is C13H15NO5. The molecule has 0 unspecified atom stereocenters. The number of ether oxygens (including phenoxy) is 2. The fourth-order valence-corrected chi connectivity index (χ4v) is 1.73. The molecule has 6 heteroatoms. The lowest BCUT2D eigenvalue weighted by Crippen LogP contribution is -2.41. The molecule has 1 aromatic carbocycles. The maximum atomic E-state index is 11.9. The molecule has 0 spiro atoms. The number of aliphatic carboxylic acids is 1. The van der Waals surface area contributed by atoms with Gasteiger partial charge in [-0.25, -0.2) is 4.79 Å². The summed E-state index contributed by atoms with van der Waals surface area (Å²) in [6.45, 7) is 1.66. The summed E-state index contributed by atoms with van der Waals surface area (Å²) in [6.07, 6.45) is 0.130. The Hall–Kier alpha value is -2.24. The highest BCUT2D eigenvalue weighted by Gasteiger charge is 2.22. The first-order chi connectivity index (χ1) is 8.99. The summed E-state index contributed by atoms with van der Waals surface area (Å²) in [5, 5.41) is 8.86. The maximum absolute atomic E-state index is 11.9. The molecule has 0 aliphatic carbocycles. The van der Waals surface area contributed by atoms with E-state index in [-0.39, 0.29) is 19.1 Å². The van der Waals surface area contributed by atoms with Crippen LogP contribution in [0, 0.1) is 0 Å². The fraction of sp³-hybridized carbons (Fsp3) is 0.385. The highest BCUT2D eigenvalue weighted by atomic mass is 16.7. The van der Waals surface area contributed by atoms with Crippen molar-refractivity contribution in [1.29, 1.82) is 0 Å². The van der Waals surface area contributed by atoms with Gasteiger partial charge in [-0.1, -0.05) is 6.07 Å². The van der Waals surface area contributed by atoms with E-state index < -0.39 is 12.0 Å². The average Bonchev–Trinajstić information content (AvgIpc) is 2.84. The molecular weight excluding hydrogens is 250 g/mol. The standard InChI is InChI=1S/C13H15NO5/c1-8(13(16)17)14(2)12(15)6-9-3-4-10-11(5-9)19-7-18-10/h3-5,8H,6-7H2,1-2H3,(H,16,17)/t8-/m0/s1. The van der Waals surface area contributed by atoms with Gasteiger partial charge in [0.25, 0.3) is 0 Å². The zero-order valence-electron chi connectivity index (χ0n) is 10.8. The number of carboxylic acid groups (broad SMARTS) is 1. The summed E-state index contributed by atoms with van der Waals surface area (Å²) in [5.41, 5.74) is 0.763. The second-order valence-electron chi connectivity index (χ2n) is 4.38. The van der Waals surface area contributed by atoms with Crippen LogP contribution in [0.4, 0.5) is 0 Å². The molecule has 1 aliphatic rings. The average molecular weight is 265 g/mol. The number of carbonyl (C=O) groups excluding carboxylic acids is 1. The summed E-state index contributed by atoms with van der Waals surface area (Å²) in [6, 6.07) is 4.40. The first-order valence-corrected chi connectivity index (χ1v) is 5.86. The summed E-state index contributed by atoms with van der Waals surface area (Å²) >= 11 is 0. The van der Waals surface area contributed by atoms with Gasteiger partial charge in [0.05, 0.1) is 6.42 Å². The molecule has 0 saturated carbocycles. The third-order valence-electron chi connectivity index (χ3n) is 3.12. The van der Waals surface area contributed by atoms with Gasteiger partial charge < -0.3 is 19.5 Å². The van der Waals surface area contributed by atoms with Crippen molar-refractivity contribution in [1.82, 2.24) is 4.90 Å². The van der Waals surface area contributed by atoms with Gasteiger partial charge in [0.15, 0.2) is 11.5 Å². The Balaban J connectivity index is 2.05. The van der Waals surface area contributed by atoms with Crippen LogP contribution in [0.15, 0.2) is 18.2 Å². The minimum absolute atomic E-state index is 0.130. The molecule has 1 aromatic rings. The fourth-order valence-electron chi connectivity index (χ4n) is 1.73. The van der Waals surface area contributed by atoms with E-state index in [1.807, 2.05) is 0 Å². The zero-order valence-corrected chi connectivity index (χ0v) is 10.8. The monoisotopic (exact) mass is 265 g/mol. The van der Waals surface area contributed by atoms with Crippen LogP contribution in [0.3, 0.4) is 0 Å². The van der Waals surface area contributed by atoms with Gasteiger partial charge in [-0.2, -0.15) is 0 Å². The van der Waals surface area contributed by atoms with Crippen molar-refractivity contribution in [2.75, 3.05) is 13.8 Å². The van der Waals surface area contributed by atoms with Gasteiger partial charge in [0, 0.05) is 7.05 Å². The normalized spacial score (nSPS) is 14.0. The molecule has 0 radical (unpaired) electrons. The topological polar surface area (TPSA) is 76.1 Å². The van der Waals surface area contributed by atoms with Crippen LogP contribution in [0.1, 0.15) is 12.5 Å². The molecule has 1 atom stereocenters. The van der Waals surface area contributed by atoms with Crippen LogP contribution in [0.2, 0.25) is 0 Å². The predicted molar refractivity (Wildman–Crippen MR) is 66.1 cm³/mol. The number of carboxylic acids is 1. The van der Waals surface area contributed by atoms with Crippen LogP contribution < -0.4 is 9.47 Å². The smallest absolute Gasteiger partial charge is 0.326 e. The lowest BCUT2D eigenvalue weighted by molar-refractivity contribution is -0.148. The van der Waals surface area contributed by atoms with Gasteiger partial charge in [-0.05, 0) is 24.6 Å². The van der Waals surface area contributed by atoms with Crippen molar-refractivity contribution in [3.63, 3.8) is 0 Å². The van der Waals surface area contributed by atoms with Crippen molar-refractivity contribution in [3.8, 4) is 11.5 Å². The molecule has 6 nitrogen and oxygen atoms in total. The number of nitrogens with zero attached hydrogens (tertiary/aromatic N) is 1. The van der Waals surface area contributed by atoms with Crippen LogP contribution in [0.25, 0.3) is 0 Å². The minimum atomic E-state index is -1.03. The molecule has 0 bridgehead atoms. The molecule has 102 valence electrons. The van der Waals surface area contributed by atoms with Gasteiger partial charge in [-0.15, -0.1) is 0 Å². The lowest BCUT2D eigenvalue weighted by atomic mass is 10.1. The van der Waals surface area contributed by atoms with Gasteiger partial charge in [0.1, 0.15) is 6.04 Å². The van der Waals surface area contributed by atoms with E-state index >= 15 is 0 Å². The van der Waals surface area contributed by atoms with Crippen molar-refractivity contribution in [2.45, 2.75) is 19.4 Å². The number of hydrogen-bond acceptors (Lipinski definition) is 4. The van der Waals surface area contributed by atoms with Crippen LogP contribution in [-0.4, -0.2) is 41.8 Å². The summed E-state index contributed by atoms with van der Waals surface area (Å²) in [5.74, 6) is -0.0157. The second-order valence-corrected chi connectivity index (χ2v) is 4.38. The Bertz CT molecular complexity index is 514. The predicted octanol–water partition coefficient (Wildman–Crippen LogP) is 0.889. The van der Waals surface area contributed by atoms with E-state index in [0.717, 1.165) is 5.56 Å². The van der Waals surface area contributed by atoms with Crippen molar-refractivity contribution >= 4 is 11.9 Å². The molecule has 0 aromatic heterocycles. The molecule has 1 amide bonds. The number of hydrogen-bond donors (Lipinski definition) is 1. The second kappa shape index (κ2) is 5.17. The SMILES string of the molecule is C[C@@H](C(=O)O)N(C)C(=O)Cc1ccc2c(c1)OCO2. The molecule has 1 aliphatic heterocycles. The van der Waals surface area contributed by atoms with Gasteiger partial charge in [-0.3, -0.25) is 4.79 Å². The zero-order chi connectivity index (χ0) is 14.0. The maximum Gasteiger partial charge on any atom is 0.326 e. The Morgan fingerprint density at radius 2 is 2.05 bits per heavy atom. The number of likely N-dealkylation sites (N-methyl/N-ethyl adjacent to an activating group) is 1. The van der Waals surface area contributed by atoms with Crippen molar-refractivity contribution in [2.24, 2.45) is 0 Å². The van der Waals surface area contributed by atoms with Gasteiger partial charge in [0.2, 0.25) is 12.7 Å². The van der Waals surface area contributed by atoms with E-state index in [0.29, 0.717) is 11.5 Å². The third-order valence-corrected chi connectivity index (χ3v) is 3.12. The molecule has 1 N–H and O–H groups in total. The number of carbonyl (C=O) groups is 2. The van der Waals surface area contributed by atoms with Crippen LogP contribution in [0.5, 0.6) is 11.5 Å². The highest BCUT2D eigenvalue weighted by Crippen LogP contribution is 2.32. The largest absolute Gasteiger partial charge is 0.480 e. The lowest BCUT2D eigenvalue weighted by Gasteiger charge is -2.21. The molecule has 0 saturated heterocycles. The van der Waals surface area contributed by atoms with Gasteiger partial charge >= 0.3 is 5.97 Å². The Kier molecular flexibility index (Phi) is 3.59. The Labute approximate surface area is 110 Å². The van der Waals surface area contributed by atoms with Crippen molar-refractivity contribution < 1.29 is 24.2 Å². The van der Waals surface area contributed by atoms with E-state index in [1.54, 1.807) is 18.2 Å². The Morgan fingerprint density at radius 1 is 1.37 bits per heavy atom. The highest BCUT2D eigenvalue weighted by molar-refractivity contribution is 5.84. The van der Waals surface area contributed by atoms with Crippen LogP contribution >= 0.6 is 0 Å². The Morgan fingerprint density at radius 3 is 2.74 bits per heavy atom. The van der Waals surface area contributed by atoms with Crippen LogP contribution in [-0.2, 0) is 16.0 Å². The van der Waals surface area contributed by atoms with E-state index in [1.165, 1.54) is 18.9 Å². The quantitative estimate of drug-likeness (QED) is 0.875. The number of rotatable bonds is 4. The van der Waals surface area contributed by atoms with E-state index in [4.69, 9.17) is 14.6 Å². The van der Waals surface area contributed by atoms with E-state index in [2.05, 4.69) is 0 Å². The summed E-state index contributed by atoms with van der Waals surface area (Å²) in [4.78, 5) is 24.0. The first kappa shape index (κ1) is 13.2. The number of fused-ring (bicyclic) bond motifs is 1. The van der Waals surface area contributed by atoms with Crippen molar-refractivity contribution in [3.05, 3.63) is 23.8 Å². The molecule has 19 heavy (non-hydrogen) atoms. The molecule has 1 heterocycles. The number of benzene rings is 1. The summed E-state index contributed by atoms with van der Waals surface area (Å²) < 4.78 is 10.4. The molecule has 0 fully saturated rings. The number of amides is 1. The first-order valence-electron chi connectivity index (χ1n) is 5.86. The minimum Gasteiger partial charge on any atom is -0.480 e.